The summed E-state index contributed by atoms with van der Waals surface area (Å²) in [4.78, 5) is -4.15. The molecular weight excluding hydrogens is 253 g/mol. The summed E-state index contributed by atoms with van der Waals surface area (Å²) in [6, 6.07) is 0. The van der Waals surface area contributed by atoms with Crippen molar-refractivity contribution >= 4 is 28.3 Å². The molecule has 0 aromatic rings. The van der Waals surface area contributed by atoms with Crippen molar-refractivity contribution in [2.24, 2.45) is 5.73 Å². The lowest BCUT2D eigenvalue weighted by atomic mass is 10.2. The molecule has 0 spiro atoms. The van der Waals surface area contributed by atoms with Gasteiger partial charge in [0.05, 0.1) is 0 Å². The van der Waals surface area contributed by atoms with Crippen molar-refractivity contribution in [3.05, 3.63) is 0 Å². The Kier molecular flexibility index (Phi) is 5.69. The SMILES string of the molecule is Cl.NCCC(F)(F)C(F)(F)Br. The summed E-state index contributed by atoms with van der Waals surface area (Å²) in [6.07, 6.45) is -1.02. The van der Waals surface area contributed by atoms with E-state index in [9.17, 15) is 17.6 Å². The second kappa shape index (κ2) is 4.47. The van der Waals surface area contributed by atoms with Gasteiger partial charge >= 0.3 is 10.8 Å². The van der Waals surface area contributed by atoms with Crippen molar-refractivity contribution in [1.82, 2.24) is 0 Å². The zero-order valence-electron chi connectivity index (χ0n) is 5.29. The van der Waals surface area contributed by atoms with E-state index in [1.807, 2.05) is 0 Å². The molecule has 0 saturated carbocycles. The van der Waals surface area contributed by atoms with Crippen LogP contribution in [-0.2, 0) is 0 Å². The quantitative estimate of drug-likeness (QED) is 0.612. The van der Waals surface area contributed by atoms with E-state index in [2.05, 4.69) is 5.73 Å². The van der Waals surface area contributed by atoms with Crippen LogP contribution < -0.4 is 5.73 Å². The van der Waals surface area contributed by atoms with E-state index < -0.39 is 23.7 Å². The summed E-state index contributed by atoms with van der Waals surface area (Å²) in [5.41, 5.74) is 4.68. The van der Waals surface area contributed by atoms with Crippen molar-refractivity contribution in [1.29, 1.82) is 0 Å². The second-order valence-electron chi connectivity index (χ2n) is 1.74. The van der Waals surface area contributed by atoms with Crippen molar-refractivity contribution in [2.45, 2.75) is 17.2 Å². The van der Waals surface area contributed by atoms with Gasteiger partial charge in [0.1, 0.15) is 0 Å². The molecule has 0 radical (unpaired) electrons. The molecular formula is C4H7BrClF4N. The molecule has 0 saturated heterocycles. The molecule has 0 amide bonds. The second-order valence-corrected chi connectivity index (χ2v) is 2.74. The molecule has 11 heavy (non-hydrogen) atoms. The Morgan fingerprint density at radius 1 is 1.18 bits per heavy atom. The minimum absolute atomic E-state index is 0. The van der Waals surface area contributed by atoms with Crippen molar-refractivity contribution < 1.29 is 17.6 Å². The Labute approximate surface area is 75.9 Å². The van der Waals surface area contributed by atoms with Crippen LogP contribution in [0.15, 0.2) is 0 Å². The molecule has 1 nitrogen and oxygen atoms in total. The molecule has 0 aliphatic heterocycles. The fraction of sp³-hybridized carbons (Fsp3) is 1.00. The molecule has 0 heterocycles. The Balaban J connectivity index is 0. The number of halogens is 6. The third-order valence-electron chi connectivity index (χ3n) is 0.873. The van der Waals surface area contributed by atoms with Crippen molar-refractivity contribution in [3.63, 3.8) is 0 Å². The predicted octanol–water partition coefficient (Wildman–Crippen LogP) is 2.38. The molecule has 0 aromatic heterocycles. The Hall–Kier alpha value is 0.450. The van der Waals surface area contributed by atoms with E-state index in [0.717, 1.165) is 0 Å². The van der Waals surface area contributed by atoms with Crippen molar-refractivity contribution in [3.8, 4) is 0 Å². The first kappa shape index (κ1) is 14.0. The van der Waals surface area contributed by atoms with E-state index in [4.69, 9.17) is 0 Å². The van der Waals surface area contributed by atoms with Crippen LogP contribution in [0.1, 0.15) is 6.42 Å². The van der Waals surface area contributed by atoms with Gasteiger partial charge in [-0.1, -0.05) is 0 Å². The number of rotatable bonds is 3. The first-order valence-electron chi connectivity index (χ1n) is 2.46. The summed E-state index contributed by atoms with van der Waals surface area (Å²) < 4.78 is 47.7. The maximum atomic E-state index is 12.1. The van der Waals surface area contributed by atoms with Crippen LogP contribution in [0.2, 0.25) is 0 Å². The lowest BCUT2D eigenvalue weighted by molar-refractivity contribution is -0.149. The molecule has 0 aliphatic carbocycles. The normalized spacial score (nSPS) is 12.5. The average molecular weight is 260 g/mol. The highest BCUT2D eigenvalue weighted by atomic mass is 79.9. The van der Waals surface area contributed by atoms with Gasteiger partial charge in [-0.3, -0.25) is 0 Å². The zero-order valence-corrected chi connectivity index (χ0v) is 7.69. The Bertz CT molecular complexity index is 115. The van der Waals surface area contributed by atoms with E-state index >= 15 is 0 Å². The molecule has 0 aliphatic rings. The van der Waals surface area contributed by atoms with Crippen LogP contribution in [0.4, 0.5) is 17.6 Å². The van der Waals surface area contributed by atoms with Gasteiger partial charge in [-0.2, -0.15) is 17.6 Å². The topological polar surface area (TPSA) is 26.0 Å². The van der Waals surface area contributed by atoms with Crippen LogP contribution in [0, 0.1) is 0 Å². The molecule has 0 bridgehead atoms. The van der Waals surface area contributed by atoms with Gasteiger partial charge in [0.25, 0.3) is 0 Å². The lowest BCUT2D eigenvalue weighted by Crippen LogP contribution is -2.36. The zero-order chi connectivity index (χ0) is 8.41. The van der Waals surface area contributed by atoms with Crippen molar-refractivity contribution in [2.75, 3.05) is 6.54 Å². The maximum Gasteiger partial charge on any atom is 0.363 e. The van der Waals surface area contributed by atoms with Gasteiger partial charge in [0, 0.05) is 6.42 Å². The van der Waals surface area contributed by atoms with Crippen LogP contribution >= 0.6 is 28.3 Å². The smallest absolute Gasteiger partial charge is 0.330 e. The van der Waals surface area contributed by atoms with Gasteiger partial charge in [0.2, 0.25) is 0 Å². The van der Waals surface area contributed by atoms with E-state index in [1.165, 1.54) is 0 Å². The van der Waals surface area contributed by atoms with Gasteiger partial charge in [-0.05, 0) is 22.5 Å². The molecule has 0 fully saturated rings. The fourth-order valence-corrected chi connectivity index (χ4v) is 0.521. The summed E-state index contributed by atoms with van der Waals surface area (Å²) in [7, 11) is 0. The average Bonchev–Trinajstić information content (AvgIpc) is 1.61. The summed E-state index contributed by atoms with van der Waals surface area (Å²) in [5.74, 6) is -4.05. The third kappa shape index (κ3) is 4.12. The summed E-state index contributed by atoms with van der Waals surface area (Å²) in [6.45, 7) is -0.464. The molecule has 7 heteroatoms. The summed E-state index contributed by atoms with van der Waals surface area (Å²) in [5, 5.41) is 0. The van der Waals surface area contributed by atoms with Gasteiger partial charge in [0.15, 0.2) is 0 Å². The molecule has 2 N–H and O–H groups in total. The highest BCUT2D eigenvalue weighted by Gasteiger charge is 2.53. The Morgan fingerprint density at radius 2 is 1.55 bits per heavy atom. The summed E-state index contributed by atoms with van der Waals surface area (Å²) >= 11 is 1.56. The molecule has 0 unspecified atom stereocenters. The minimum Gasteiger partial charge on any atom is -0.330 e. The number of alkyl halides is 5. The monoisotopic (exact) mass is 259 g/mol. The predicted molar refractivity (Wildman–Crippen MR) is 39.7 cm³/mol. The Morgan fingerprint density at radius 3 is 1.64 bits per heavy atom. The van der Waals surface area contributed by atoms with Gasteiger partial charge in [-0.15, -0.1) is 12.4 Å². The van der Waals surface area contributed by atoms with E-state index in [0.29, 0.717) is 0 Å². The highest BCUT2D eigenvalue weighted by Crippen LogP contribution is 2.41. The first-order valence-corrected chi connectivity index (χ1v) is 3.25. The highest BCUT2D eigenvalue weighted by molar-refractivity contribution is 9.10. The van der Waals surface area contributed by atoms with Gasteiger partial charge in [-0.25, -0.2) is 0 Å². The van der Waals surface area contributed by atoms with Gasteiger partial charge < -0.3 is 5.73 Å². The van der Waals surface area contributed by atoms with Crippen LogP contribution in [0.25, 0.3) is 0 Å². The lowest BCUT2D eigenvalue weighted by Gasteiger charge is -2.20. The molecule has 0 aromatic carbocycles. The molecule has 70 valence electrons. The van der Waals surface area contributed by atoms with Crippen LogP contribution in [0.3, 0.4) is 0 Å². The maximum absolute atomic E-state index is 12.1. The molecule has 0 atom stereocenters. The number of hydrogen-bond acceptors (Lipinski definition) is 1. The molecule has 0 rings (SSSR count). The third-order valence-corrected chi connectivity index (χ3v) is 1.45. The standard InChI is InChI=1S/C4H6BrF4N.ClH/c5-4(8,9)3(6,7)1-2-10;/h1-2,10H2;1H. The van der Waals surface area contributed by atoms with Crippen LogP contribution in [0.5, 0.6) is 0 Å². The van der Waals surface area contributed by atoms with E-state index in [-0.39, 0.29) is 12.4 Å². The number of nitrogens with two attached hydrogens (primary N) is 1. The first-order chi connectivity index (χ1) is 4.31. The van der Waals surface area contributed by atoms with E-state index in [1.54, 1.807) is 15.9 Å². The minimum atomic E-state index is -4.15. The number of hydrogen-bond donors (Lipinski definition) is 1. The largest absolute Gasteiger partial charge is 0.363 e. The fourth-order valence-electron chi connectivity index (χ4n) is 0.323. The van der Waals surface area contributed by atoms with Crippen LogP contribution in [-0.4, -0.2) is 17.3 Å².